The van der Waals surface area contributed by atoms with Crippen molar-refractivity contribution in [1.82, 2.24) is 10.7 Å². The minimum atomic E-state index is -0.537. The van der Waals surface area contributed by atoms with Gasteiger partial charge in [-0.1, -0.05) is 75.8 Å². The van der Waals surface area contributed by atoms with E-state index < -0.39 is 11.9 Å². The lowest BCUT2D eigenvalue weighted by Crippen LogP contribution is -2.34. The summed E-state index contributed by atoms with van der Waals surface area (Å²) in [7, 11) is 1.46. The smallest absolute Gasteiger partial charge is 0.336 e. The zero-order valence-corrected chi connectivity index (χ0v) is 21.7. The molecule has 0 aliphatic heterocycles. The number of carbonyl (C=O) groups is 3. The monoisotopic (exact) mass is 507 g/mol. The Balaban J connectivity index is 1.72. The molecule has 8 heteroatoms. The summed E-state index contributed by atoms with van der Waals surface area (Å²) in [6.07, 6.45) is 12.8. The lowest BCUT2D eigenvalue weighted by Gasteiger charge is -2.08. The summed E-state index contributed by atoms with van der Waals surface area (Å²) in [6.45, 7) is 2.05. The fourth-order valence-electron chi connectivity index (χ4n) is 3.45. The molecular weight excluding hydrogens is 470 g/mol. The number of hydrazone groups is 1. The number of rotatable bonds is 16. The van der Waals surface area contributed by atoms with E-state index in [1.807, 2.05) is 30.3 Å². The first kappa shape index (κ1) is 29.3. The van der Waals surface area contributed by atoms with E-state index in [-0.39, 0.29) is 18.2 Å². The lowest BCUT2D eigenvalue weighted by atomic mass is 10.1. The molecule has 0 atom stereocenters. The van der Waals surface area contributed by atoms with Gasteiger partial charge in [0.1, 0.15) is 0 Å². The van der Waals surface area contributed by atoms with Crippen LogP contribution in [0.2, 0.25) is 0 Å². The minimum Gasteiger partial charge on any atom is -0.493 e. The van der Waals surface area contributed by atoms with Gasteiger partial charge >= 0.3 is 5.97 Å². The largest absolute Gasteiger partial charge is 0.493 e. The van der Waals surface area contributed by atoms with Gasteiger partial charge in [-0.2, -0.15) is 5.10 Å². The lowest BCUT2D eigenvalue weighted by molar-refractivity contribution is -0.129. The maximum absolute atomic E-state index is 12.1. The van der Waals surface area contributed by atoms with E-state index in [1.165, 1.54) is 45.1 Å². The zero-order chi connectivity index (χ0) is 26.7. The first-order valence-electron chi connectivity index (χ1n) is 12.7. The van der Waals surface area contributed by atoms with Crippen molar-refractivity contribution < 1.29 is 23.9 Å². The Labute approximate surface area is 219 Å². The molecule has 2 aromatic rings. The van der Waals surface area contributed by atoms with Gasteiger partial charge in [-0.05, 0) is 41.8 Å². The predicted octanol–water partition coefficient (Wildman–Crippen LogP) is 5.02. The number of nitrogens with one attached hydrogen (secondary N) is 2. The van der Waals surface area contributed by atoms with Crippen molar-refractivity contribution in [2.75, 3.05) is 13.7 Å². The number of hydrogen-bond acceptors (Lipinski definition) is 6. The van der Waals surface area contributed by atoms with Gasteiger partial charge in [0.15, 0.2) is 11.5 Å². The van der Waals surface area contributed by atoms with Crippen molar-refractivity contribution in [3.8, 4) is 11.5 Å². The van der Waals surface area contributed by atoms with Crippen LogP contribution in [0.15, 0.2) is 59.7 Å². The van der Waals surface area contributed by atoms with Crippen molar-refractivity contribution >= 4 is 30.1 Å². The van der Waals surface area contributed by atoms with Gasteiger partial charge in [0, 0.05) is 12.5 Å². The molecule has 2 rings (SSSR count). The molecule has 37 heavy (non-hydrogen) atoms. The van der Waals surface area contributed by atoms with E-state index in [0.717, 1.165) is 24.8 Å². The summed E-state index contributed by atoms with van der Waals surface area (Å²) in [5.41, 5.74) is 3.89. The van der Waals surface area contributed by atoms with Crippen LogP contribution < -0.4 is 20.2 Å². The maximum Gasteiger partial charge on any atom is 0.336 e. The van der Waals surface area contributed by atoms with Crippen molar-refractivity contribution in [3.05, 3.63) is 65.7 Å². The zero-order valence-electron chi connectivity index (χ0n) is 21.7. The summed E-state index contributed by atoms with van der Waals surface area (Å²) in [6, 6.07) is 14.3. The molecule has 0 heterocycles. The molecule has 0 spiro atoms. The number of nitrogens with zero attached hydrogens (tertiary/aromatic N) is 1. The average Bonchev–Trinajstić information content (AvgIpc) is 2.91. The molecule has 0 aromatic heterocycles. The molecule has 0 radical (unpaired) electrons. The molecule has 8 nitrogen and oxygen atoms in total. The molecule has 2 N–H and O–H groups in total. The first-order chi connectivity index (χ1) is 18.0. The molecule has 2 aromatic carbocycles. The Hall–Kier alpha value is -3.94. The Morgan fingerprint density at radius 2 is 1.59 bits per heavy atom. The number of ether oxygens (including phenoxy) is 2. The highest BCUT2D eigenvalue weighted by atomic mass is 16.6. The number of unbranched alkanes of at least 4 members (excludes halogenated alkanes) is 6. The second kappa shape index (κ2) is 17.5. The molecule has 0 fully saturated rings. The molecule has 0 aliphatic rings. The predicted molar refractivity (Wildman–Crippen MR) is 145 cm³/mol. The third-order valence-electron chi connectivity index (χ3n) is 5.47. The molecule has 0 saturated carbocycles. The third kappa shape index (κ3) is 12.5. The minimum absolute atomic E-state index is 0.138. The summed E-state index contributed by atoms with van der Waals surface area (Å²) >= 11 is 0. The molecule has 0 aliphatic carbocycles. The van der Waals surface area contributed by atoms with Gasteiger partial charge in [0.05, 0.1) is 19.9 Å². The normalized spacial score (nSPS) is 11.0. The van der Waals surface area contributed by atoms with Crippen LogP contribution in [0, 0.1) is 0 Å². The molecular formula is C29H37N3O5. The van der Waals surface area contributed by atoms with Crippen LogP contribution in [0.25, 0.3) is 6.08 Å². The van der Waals surface area contributed by atoms with Gasteiger partial charge < -0.3 is 14.8 Å². The summed E-state index contributed by atoms with van der Waals surface area (Å²) in [4.78, 5) is 36.0. The number of carbonyl (C=O) groups excluding carboxylic acids is 3. The SMILES string of the molecule is CCCCCCCCCC(=O)NCC(=O)N/N=C\c1ccc(OC(=O)/C=C/c2ccccc2)c(OC)c1. The fraction of sp³-hybridized carbons (Fsp3) is 0.379. The van der Waals surface area contributed by atoms with Crippen LogP contribution in [-0.4, -0.2) is 37.7 Å². The highest BCUT2D eigenvalue weighted by Gasteiger charge is 2.09. The van der Waals surface area contributed by atoms with Crippen LogP contribution in [0.1, 0.15) is 69.4 Å². The highest BCUT2D eigenvalue weighted by molar-refractivity contribution is 5.90. The Morgan fingerprint density at radius 1 is 0.865 bits per heavy atom. The summed E-state index contributed by atoms with van der Waals surface area (Å²) < 4.78 is 10.7. The van der Waals surface area contributed by atoms with Crippen LogP contribution in [0.4, 0.5) is 0 Å². The number of methoxy groups -OCH3 is 1. The number of esters is 1. The van der Waals surface area contributed by atoms with Gasteiger partial charge in [-0.25, -0.2) is 10.2 Å². The molecule has 0 bridgehead atoms. The Kier molecular flexibility index (Phi) is 13.8. The van der Waals surface area contributed by atoms with Gasteiger partial charge in [-0.3, -0.25) is 9.59 Å². The molecule has 198 valence electrons. The molecule has 0 saturated heterocycles. The van der Waals surface area contributed by atoms with E-state index in [4.69, 9.17) is 9.47 Å². The second-order valence-corrected chi connectivity index (χ2v) is 8.52. The number of hydrogen-bond donors (Lipinski definition) is 2. The maximum atomic E-state index is 12.1. The van der Waals surface area contributed by atoms with E-state index in [2.05, 4.69) is 22.8 Å². The van der Waals surface area contributed by atoms with Crippen molar-refractivity contribution in [3.63, 3.8) is 0 Å². The fourth-order valence-corrected chi connectivity index (χ4v) is 3.45. The van der Waals surface area contributed by atoms with E-state index in [0.29, 0.717) is 17.7 Å². The Morgan fingerprint density at radius 3 is 2.32 bits per heavy atom. The highest BCUT2D eigenvalue weighted by Crippen LogP contribution is 2.27. The van der Waals surface area contributed by atoms with E-state index in [9.17, 15) is 14.4 Å². The van der Waals surface area contributed by atoms with Crippen LogP contribution in [-0.2, 0) is 14.4 Å². The van der Waals surface area contributed by atoms with Crippen molar-refractivity contribution in [1.29, 1.82) is 0 Å². The van der Waals surface area contributed by atoms with Gasteiger partial charge in [0.25, 0.3) is 5.91 Å². The standard InChI is InChI=1S/C29H37N3O5/c1-3-4-5-6-7-8-12-15-27(33)30-22-28(34)32-31-21-24-16-18-25(26(20-24)36-2)37-29(35)19-17-23-13-10-9-11-14-23/h9-11,13-14,16-21H,3-8,12,15,22H2,1-2H3,(H,30,33)(H,32,34)/b19-17+,31-21-. The van der Waals surface area contributed by atoms with Crippen LogP contribution >= 0.6 is 0 Å². The molecule has 0 unspecified atom stereocenters. The van der Waals surface area contributed by atoms with Gasteiger partial charge in [0.2, 0.25) is 5.91 Å². The average molecular weight is 508 g/mol. The summed E-state index contributed by atoms with van der Waals surface area (Å²) in [5.74, 6) is -0.498. The third-order valence-corrected chi connectivity index (χ3v) is 5.47. The van der Waals surface area contributed by atoms with Crippen LogP contribution in [0.5, 0.6) is 11.5 Å². The summed E-state index contributed by atoms with van der Waals surface area (Å²) in [5, 5.41) is 6.52. The number of benzene rings is 2. The second-order valence-electron chi connectivity index (χ2n) is 8.52. The topological polar surface area (TPSA) is 106 Å². The van der Waals surface area contributed by atoms with E-state index in [1.54, 1.807) is 24.3 Å². The van der Waals surface area contributed by atoms with Crippen molar-refractivity contribution in [2.24, 2.45) is 5.10 Å². The van der Waals surface area contributed by atoms with E-state index >= 15 is 0 Å². The molecule has 2 amide bonds. The van der Waals surface area contributed by atoms with Crippen LogP contribution in [0.3, 0.4) is 0 Å². The number of amides is 2. The van der Waals surface area contributed by atoms with Crippen molar-refractivity contribution in [2.45, 2.75) is 58.3 Å². The Bertz CT molecular complexity index is 1050. The van der Waals surface area contributed by atoms with Gasteiger partial charge in [-0.15, -0.1) is 0 Å². The quantitative estimate of drug-likeness (QED) is 0.0829. The first-order valence-corrected chi connectivity index (χ1v) is 12.7.